The van der Waals surface area contributed by atoms with Gasteiger partial charge in [-0.2, -0.15) is 0 Å². The normalized spacial score (nSPS) is 12.9. The van der Waals surface area contributed by atoms with Crippen LogP contribution in [0, 0.1) is 0 Å². The number of aromatic nitrogens is 1. The summed E-state index contributed by atoms with van der Waals surface area (Å²) in [5.41, 5.74) is 17.0. The molecule has 0 saturated carbocycles. The van der Waals surface area contributed by atoms with Crippen molar-refractivity contribution < 1.29 is 0 Å². The molecule has 0 bridgehead atoms. The summed E-state index contributed by atoms with van der Waals surface area (Å²) in [6.45, 7) is 13.9. The van der Waals surface area contributed by atoms with Gasteiger partial charge in [-0.15, -0.1) is 34.0 Å². The molecule has 0 atom stereocenters. The molecule has 9 aromatic carbocycles. The summed E-state index contributed by atoms with van der Waals surface area (Å²) in [6, 6.07) is 69.3. The molecule has 4 aromatic heterocycles. The highest BCUT2D eigenvalue weighted by molar-refractivity contribution is 7.29. The summed E-state index contributed by atoms with van der Waals surface area (Å²) in [6.07, 6.45) is 0.934. The molecule has 13 aromatic rings. The summed E-state index contributed by atoms with van der Waals surface area (Å²) in [5, 5.41) is 13.3. The van der Waals surface area contributed by atoms with Crippen LogP contribution in [0.1, 0.15) is 75.3 Å². The second-order valence-corrected chi connectivity index (χ2v) is 25.5. The Hall–Kier alpha value is -6.96. The van der Waals surface area contributed by atoms with Crippen LogP contribution in [0.15, 0.2) is 182 Å². The molecule has 1 aliphatic rings. The summed E-state index contributed by atoms with van der Waals surface area (Å²) in [4.78, 5) is 0. The monoisotopic (exact) mass is 980 g/mol. The fourth-order valence-corrected chi connectivity index (χ4v) is 15.2. The molecule has 0 spiro atoms. The Kier molecular flexibility index (Phi) is 9.90. The minimum absolute atomic E-state index is 0.0363. The van der Waals surface area contributed by atoms with Crippen molar-refractivity contribution >= 4 is 135 Å². The van der Waals surface area contributed by atoms with E-state index in [1.807, 2.05) is 34.0 Å². The Bertz CT molecular complexity index is 4270. The van der Waals surface area contributed by atoms with Gasteiger partial charge in [0.15, 0.2) is 0 Å². The summed E-state index contributed by atoms with van der Waals surface area (Å²) < 4.78 is 10.8. The van der Waals surface area contributed by atoms with Gasteiger partial charge in [-0.05, 0) is 122 Å². The van der Waals surface area contributed by atoms with Crippen molar-refractivity contribution in [2.45, 2.75) is 64.7 Å². The van der Waals surface area contributed by atoms with Crippen LogP contribution >= 0.6 is 34.0 Å². The molecule has 0 radical (unpaired) electrons. The Morgan fingerprint density at radius 1 is 0.472 bits per heavy atom. The molecular weight excluding hydrogens is 928 g/mol. The van der Waals surface area contributed by atoms with Gasteiger partial charge in [-0.1, -0.05) is 163 Å². The van der Waals surface area contributed by atoms with E-state index in [-0.39, 0.29) is 16.7 Å². The fraction of sp³-hybridized carbons (Fsp3) is 0.152. The quantitative estimate of drug-likeness (QED) is 0.158. The SMILES string of the molecule is CC(C)(C)c1ccc(Nc2cc3c(cc2-c2ccc4c5cc6sc7ccccc7c6cc5n5c4c2Bc2sc4ccc(C(C)(C)C)cc4c2-5)sc2cc(CC(c4ccccc4)c4ccccc4)ccc23)cc1. The number of benzene rings is 9. The molecule has 72 heavy (non-hydrogen) atoms. The summed E-state index contributed by atoms with van der Waals surface area (Å²) in [5.74, 6) is 0.270. The van der Waals surface area contributed by atoms with Gasteiger partial charge in [-0.25, -0.2) is 0 Å². The molecule has 1 N–H and O–H groups in total. The lowest BCUT2D eigenvalue weighted by Crippen LogP contribution is -2.35. The van der Waals surface area contributed by atoms with Gasteiger partial charge in [0, 0.05) is 89.6 Å². The molecule has 0 aliphatic carbocycles. The van der Waals surface area contributed by atoms with E-state index in [1.54, 1.807) is 0 Å². The molecule has 5 heterocycles. The first-order valence-corrected chi connectivity index (χ1v) is 27.8. The molecule has 6 heteroatoms. The molecule has 0 unspecified atom stereocenters. The third-order valence-corrected chi connectivity index (χ3v) is 18.9. The number of nitrogens with zero attached hydrogens (tertiary/aromatic N) is 1. The van der Waals surface area contributed by atoms with Gasteiger partial charge in [0.25, 0.3) is 0 Å². The molecule has 348 valence electrons. The Balaban J connectivity index is 0.990. The van der Waals surface area contributed by atoms with E-state index in [0.29, 0.717) is 0 Å². The van der Waals surface area contributed by atoms with Crippen LogP contribution in [0.5, 0.6) is 0 Å². The molecule has 0 fully saturated rings. The molecule has 0 saturated heterocycles. The topological polar surface area (TPSA) is 17.0 Å². The zero-order chi connectivity index (χ0) is 48.6. The van der Waals surface area contributed by atoms with E-state index in [0.717, 1.165) is 25.1 Å². The van der Waals surface area contributed by atoms with Gasteiger partial charge in [0.1, 0.15) is 0 Å². The largest absolute Gasteiger partial charge is 0.355 e. The average Bonchev–Trinajstić information content (AvgIpc) is 4.13. The van der Waals surface area contributed by atoms with Gasteiger partial charge < -0.3 is 9.88 Å². The highest BCUT2D eigenvalue weighted by Gasteiger charge is 2.31. The van der Waals surface area contributed by atoms with E-state index in [2.05, 4.69) is 233 Å². The number of nitrogens with one attached hydrogen (secondary N) is 1. The maximum atomic E-state index is 4.03. The van der Waals surface area contributed by atoms with Crippen molar-refractivity contribution in [2.75, 3.05) is 5.32 Å². The Morgan fingerprint density at radius 2 is 1.10 bits per heavy atom. The third-order valence-electron chi connectivity index (χ3n) is 15.5. The average molecular weight is 981 g/mol. The van der Waals surface area contributed by atoms with Crippen molar-refractivity contribution in [3.63, 3.8) is 0 Å². The number of anilines is 2. The predicted molar refractivity (Wildman–Crippen MR) is 319 cm³/mol. The number of hydrogen-bond acceptors (Lipinski definition) is 4. The number of fused-ring (bicyclic) bond motifs is 13. The van der Waals surface area contributed by atoms with Crippen LogP contribution < -0.4 is 15.6 Å². The van der Waals surface area contributed by atoms with E-state index in [1.165, 1.54) is 127 Å². The molecule has 14 rings (SSSR count). The van der Waals surface area contributed by atoms with Crippen molar-refractivity contribution in [1.29, 1.82) is 0 Å². The second kappa shape index (κ2) is 16.3. The molecular formula is C66H53BN2S3. The predicted octanol–water partition coefficient (Wildman–Crippen LogP) is 17.8. The maximum absolute atomic E-state index is 4.03. The van der Waals surface area contributed by atoms with E-state index >= 15 is 0 Å². The fourth-order valence-electron chi connectivity index (χ4n) is 11.7. The first-order chi connectivity index (χ1) is 34.9. The second-order valence-electron chi connectivity index (χ2n) is 22.2. The first kappa shape index (κ1) is 43.8. The van der Waals surface area contributed by atoms with Crippen LogP contribution in [0.4, 0.5) is 11.4 Å². The van der Waals surface area contributed by atoms with Crippen molar-refractivity contribution in [3.8, 4) is 16.8 Å². The standard InChI is InChI=1S/C66H53BN2S3/c1-65(2,3)41-22-25-43(26-23-41)68-54-34-51-45-27-21-38(31-48(39-15-9-7-10-16-39)40-17-11-8-12-18-40)32-58(45)71-59(51)36-49(54)46-28-29-47-50-37-60-52(44-19-13-14-20-56(44)70-60)35-55(50)69-62(47)61(46)67-64-63(69)53-33-42(66(4,5)6)24-30-57(53)72-64/h7-30,32-37,48,67-68H,31H2,1-6H3. The lowest BCUT2D eigenvalue weighted by atomic mass is 9.63. The van der Waals surface area contributed by atoms with E-state index < -0.39 is 0 Å². The zero-order valence-corrected chi connectivity index (χ0v) is 43.9. The first-order valence-electron chi connectivity index (χ1n) is 25.4. The molecule has 0 amide bonds. The van der Waals surface area contributed by atoms with Crippen LogP contribution in [0.25, 0.3) is 89.1 Å². The van der Waals surface area contributed by atoms with Crippen molar-refractivity contribution in [3.05, 3.63) is 210 Å². The van der Waals surface area contributed by atoms with Crippen molar-refractivity contribution in [1.82, 2.24) is 4.57 Å². The number of rotatable bonds is 7. The van der Waals surface area contributed by atoms with Crippen LogP contribution in [-0.2, 0) is 17.3 Å². The van der Waals surface area contributed by atoms with Gasteiger partial charge in [0.05, 0.1) is 11.2 Å². The van der Waals surface area contributed by atoms with Gasteiger partial charge in [0.2, 0.25) is 7.28 Å². The lowest BCUT2D eigenvalue weighted by molar-refractivity contribution is 0.590. The minimum Gasteiger partial charge on any atom is -0.355 e. The van der Waals surface area contributed by atoms with Crippen LogP contribution in [-0.4, -0.2) is 11.8 Å². The molecule has 2 nitrogen and oxygen atoms in total. The summed E-state index contributed by atoms with van der Waals surface area (Å²) in [7, 11) is 0.872. The highest BCUT2D eigenvalue weighted by Crippen LogP contribution is 2.47. The minimum atomic E-state index is 0.0363. The van der Waals surface area contributed by atoms with Gasteiger partial charge >= 0.3 is 0 Å². The van der Waals surface area contributed by atoms with Crippen LogP contribution in [0.3, 0.4) is 0 Å². The maximum Gasteiger partial charge on any atom is 0.211 e. The number of thiophene rings is 3. The number of hydrogen-bond donors (Lipinski definition) is 1. The summed E-state index contributed by atoms with van der Waals surface area (Å²) >= 11 is 5.82. The Morgan fingerprint density at radius 3 is 1.85 bits per heavy atom. The van der Waals surface area contributed by atoms with Gasteiger partial charge in [-0.3, -0.25) is 0 Å². The zero-order valence-electron chi connectivity index (χ0n) is 41.5. The van der Waals surface area contributed by atoms with Crippen molar-refractivity contribution in [2.24, 2.45) is 0 Å². The smallest absolute Gasteiger partial charge is 0.211 e. The van der Waals surface area contributed by atoms with E-state index in [4.69, 9.17) is 0 Å². The third kappa shape index (κ3) is 7.09. The molecule has 1 aliphatic heterocycles. The lowest BCUT2D eigenvalue weighted by Gasteiger charge is -2.23. The Labute approximate surface area is 433 Å². The highest BCUT2D eigenvalue weighted by atomic mass is 32.1. The van der Waals surface area contributed by atoms with Crippen LogP contribution in [0.2, 0.25) is 0 Å². The van der Waals surface area contributed by atoms with E-state index in [9.17, 15) is 0 Å².